The Hall–Kier alpha value is -1.12. The van der Waals surface area contributed by atoms with Gasteiger partial charge in [-0.05, 0) is 13.8 Å². The average molecular weight is 138 g/mol. The maximum absolute atomic E-state index is 11.1. The maximum atomic E-state index is 11.1. The Bertz CT molecular complexity index is 226. The summed E-state index contributed by atoms with van der Waals surface area (Å²) in [6.07, 6.45) is 1.72. The molecule has 0 aliphatic carbocycles. The molecule has 54 valence electrons. The van der Waals surface area contributed by atoms with E-state index in [1.165, 1.54) is 4.90 Å². The number of amidine groups is 1. The van der Waals surface area contributed by atoms with E-state index in [4.69, 9.17) is 0 Å². The highest BCUT2D eigenvalue weighted by Crippen LogP contribution is 2.11. The molecule has 0 bridgehead atoms. The highest BCUT2D eigenvalue weighted by molar-refractivity contribution is 6.11. The summed E-state index contributed by atoms with van der Waals surface area (Å²) in [5.74, 6) is 0.748. The van der Waals surface area contributed by atoms with Crippen LogP contribution in [0.15, 0.2) is 16.8 Å². The molecule has 0 fully saturated rings. The lowest BCUT2D eigenvalue weighted by Crippen LogP contribution is -2.25. The molecule has 1 rings (SSSR count). The van der Waals surface area contributed by atoms with Crippen LogP contribution in [0.5, 0.6) is 0 Å². The molecule has 0 radical (unpaired) electrons. The number of allylic oxidation sites excluding steroid dienone is 1. The fourth-order valence-electron chi connectivity index (χ4n) is 0.804. The Balaban J connectivity index is 2.98. The van der Waals surface area contributed by atoms with E-state index in [-0.39, 0.29) is 5.91 Å². The molecular formula is C7H10N2O. The lowest BCUT2D eigenvalue weighted by molar-refractivity contribution is -0.121. The van der Waals surface area contributed by atoms with Gasteiger partial charge in [-0.15, -0.1) is 0 Å². The summed E-state index contributed by atoms with van der Waals surface area (Å²) in [7, 11) is 1.72. The van der Waals surface area contributed by atoms with Crippen LogP contribution in [0.3, 0.4) is 0 Å². The largest absolute Gasteiger partial charge is 0.298 e. The van der Waals surface area contributed by atoms with E-state index in [1.807, 2.05) is 13.8 Å². The van der Waals surface area contributed by atoms with Gasteiger partial charge in [-0.25, -0.2) is 4.99 Å². The van der Waals surface area contributed by atoms with E-state index in [9.17, 15) is 4.79 Å². The van der Waals surface area contributed by atoms with Gasteiger partial charge in [0.05, 0.1) is 0 Å². The second-order valence-corrected chi connectivity index (χ2v) is 2.20. The van der Waals surface area contributed by atoms with Crippen molar-refractivity contribution in [2.24, 2.45) is 4.99 Å². The first kappa shape index (κ1) is 6.99. The van der Waals surface area contributed by atoms with Crippen molar-refractivity contribution in [1.29, 1.82) is 0 Å². The number of rotatable bonds is 0. The first-order chi connectivity index (χ1) is 4.66. The van der Waals surface area contributed by atoms with Crippen LogP contribution < -0.4 is 0 Å². The number of nitrogens with zero attached hydrogens (tertiary/aromatic N) is 2. The van der Waals surface area contributed by atoms with Crippen LogP contribution in [-0.2, 0) is 4.79 Å². The van der Waals surface area contributed by atoms with Gasteiger partial charge >= 0.3 is 0 Å². The zero-order valence-electron chi connectivity index (χ0n) is 6.38. The fraction of sp³-hybridized carbons (Fsp3) is 0.429. The van der Waals surface area contributed by atoms with Crippen molar-refractivity contribution < 1.29 is 4.79 Å². The molecule has 1 aliphatic rings. The molecule has 10 heavy (non-hydrogen) atoms. The Labute approximate surface area is 60.1 Å². The second-order valence-electron chi connectivity index (χ2n) is 2.20. The van der Waals surface area contributed by atoms with Crippen LogP contribution in [0.4, 0.5) is 0 Å². The molecule has 1 aliphatic heterocycles. The third-order valence-electron chi connectivity index (χ3n) is 1.56. The summed E-state index contributed by atoms with van der Waals surface area (Å²) in [5.41, 5.74) is 0.542. The molecular weight excluding hydrogens is 128 g/mol. The van der Waals surface area contributed by atoms with Crippen molar-refractivity contribution in [2.45, 2.75) is 13.8 Å². The zero-order valence-corrected chi connectivity index (χ0v) is 6.38. The molecule has 0 unspecified atom stereocenters. The van der Waals surface area contributed by atoms with Gasteiger partial charge in [-0.1, -0.05) is 6.08 Å². The van der Waals surface area contributed by atoms with Crippen LogP contribution in [-0.4, -0.2) is 23.7 Å². The number of carbonyl (C=O) groups is 1. The average Bonchev–Trinajstić information content (AvgIpc) is 2.17. The number of hydrogen-bond donors (Lipinski definition) is 0. The van der Waals surface area contributed by atoms with Gasteiger partial charge in [0.25, 0.3) is 5.91 Å². The minimum Gasteiger partial charge on any atom is -0.298 e. The van der Waals surface area contributed by atoms with Crippen molar-refractivity contribution in [3.63, 3.8) is 0 Å². The predicted molar refractivity (Wildman–Crippen MR) is 39.6 cm³/mol. The summed E-state index contributed by atoms with van der Waals surface area (Å²) in [4.78, 5) is 16.6. The number of carbonyl (C=O) groups excluding carboxylic acids is 1. The molecule has 0 saturated carbocycles. The van der Waals surface area contributed by atoms with Crippen molar-refractivity contribution in [3.05, 3.63) is 11.8 Å². The molecule has 0 atom stereocenters. The van der Waals surface area contributed by atoms with Crippen molar-refractivity contribution in [3.8, 4) is 0 Å². The standard InChI is InChI=1S/C7H10N2O/c1-4-6-7(10)9(3)5(2)8-6/h4H,1-3H3/b6-4-. The number of hydrogen-bond acceptors (Lipinski definition) is 2. The zero-order chi connectivity index (χ0) is 7.72. The quantitative estimate of drug-likeness (QED) is 0.455. The first-order valence-electron chi connectivity index (χ1n) is 3.16. The van der Waals surface area contributed by atoms with Gasteiger partial charge in [0, 0.05) is 7.05 Å². The minimum atomic E-state index is -0.0139. The molecule has 0 saturated heterocycles. The lowest BCUT2D eigenvalue weighted by atomic mass is 10.4. The highest BCUT2D eigenvalue weighted by atomic mass is 16.2. The third kappa shape index (κ3) is 0.835. The van der Waals surface area contributed by atoms with Crippen molar-refractivity contribution in [2.75, 3.05) is 7.05 Å². The molecule has 3 heteroatoms. The Morgan fingerprint density at radius 2 is 2.20 bits per heavy atom. The molecule has 0 aromatic carbocycles. The first-order valence-corrected chi connectivity index (χ1v) is 3.16. The maximum Gasteiger partial charge on any atom is 0.277 e. The predicted octanol–water partition coefficient (Wildman–Crippen LogP) is 0.781. The smallest absolute Gasteiger partial charge is 0.277 e. The Morgan fingerprint density at radius 3 is 2.40 bits per heavy atom. The van der Waals surface area contributed by atoms with Crippen LogP contribution in [0.1, 0.15) is 13.8 Å². The summed E-state index contributed by atoms with van der Waals surface area (Å²) in [6.45, 7) is 3.62. The van der Waals surface area contributed by atoms with E-state index in [1.54, 1.807) is 13.1 Å². The van der Waals surface area contributed by atoms with E-state index in [0.29, 0.717) is 5.70 Å². The molecule has 1 amide bonds. The summed E-state index contributed by atoms with van der Waals surface area (Å²) in [5, 5.41) is 0. The minimum absolute atomic E-state index is 0.0139. The summed E-state index contributed by atoms with van der Waals surface area (Å²) in [6, 6.07) is 0. The summed E-state index contributed by atoms with van der Waals surface area (Å²) >= 11 is 0. The van der Waals surface area contributed by atoms with Crippen molar-refractivity contribution >= 4 is 11.7 Å². The third-order valence-corrected chi connectivity index (χ3v) is 1.56. The highest BCUT2D eigenvalue weighted by Gasteiger charge is 2.22. The van der Waals surface area contributed by atoms with Crippen LogP contribution >= 0.6 is 0 Å². The Kier molecular flexibility index (Phi) is 1.57. The Morgan fingerprint density at radius 1 is 1.60 bits per heavy atom. The van der Waals surface area contributed by atoms with Crippen molar-refractivity contribution in [1.82, 2.24) is 4.90 Å². The molecule has 3 nitrogen and oxygen atoms in total. The van der Waals surface area contributed by atoms with E-state index < -0.39 is 0 Å². The van der Waals surface area contributed by atoms with E-state index in [0.717, 1.165) is 5.84 Å². The normalized spacial score (nSPS) is 22.3. The van der Waals surface area contributed by atoms with E-state index in [2.05, 4.69) is 4.99 Å². The molecule has 0 spiro atoms. The molecule has 1 heterocycles. The number of likely N-dealkylation sites (N-methyl/N-ethyl adjacent to an activating group) is 1. The van der Waals surface area contributed by atoms with Crippen LogP contribution in [0.2, 0.25) is 0 Å². The van der Waals surface area contributed by atoms with Gasteiger partial charge in [-0.3, -0.25) is 9.69 Å². The second kappa shape index (κ2) is 2.25. The monoisotopic (exact) mass is 138 g/mol. The fourth-order valence-corrected chi connectivity index (χ4v) is 0.804. The van der Waals surface area contributed by atoms with Gasteiger partial charge in [0.1, 0.15) is 11.5 Å². The topological polar surface area (TPSA) is 32.7 Å². The lowest BCUT2D eigenvalue weighted by Gasteiger charge is -2.05. The van der Waals surface area contributed by atoms with Gasteiger partial charge < -0.3 is 0 Å². The molecule has 0 aromatic rings. The SMILES string of the molecule is C/C=C1\N=C(C)N(C)C1=O. The molecule has 0 aromatic heterocycles. The molecule has 0 N–H and O–H groups in total. The summed E-state index contributed by atoms with van der Waals surface area (Å²) < 4.78 is 0. The van der Waals surface area contributed by atoms with Gasteiger partial charge in [0.15, 0.2) is 0 Å². The number of amides is 1. The van der Waals surface area contributed by atoms with Crippen LogP contribution in [0.25, 0.3) is 0 Å². The van der Waals surface area contributed by atoms with E-state index >= 15 is 0 Å². The van der Waals surface area contributed by atoms with Gasteiger partial charge in [0.2, 0.25) is 0 Å². The van der Waals surface area contributed by atoms with Crippen LogP contribution in [0, 0.1) is 0 Å². The number of aliphatic imine (C=N–C) groups is 1. The van der Waals surface area contributed by atoms with Gasteiger partial charge in [-0.2, -0.15) is 0 Å².